The molecule has 0 fully saturated rings. The Morgan fingerprint density at radius 2 is 1.90 bits per heavy atom. The Kier molecular flexibility index (Phi) is 4.63. The van der Waals surface area contributed by atoms with E-state index in [0.29, 0.717) is 5.33 Å². The molecule has 21 heavy (non-hydrogen) atoms. The minimum atomic E-state index is -0.752. The fraction of sp³-hybridized carbons (Fsp3) is 0.188. The number of alkyl halides is 1. The second-order valence-electron chi connectivity index (χ2n) is 4.92. The van der Waals surface area contributed by atoms with Gasteiger partial charge in [0.15, 0.2) is 0 Å². The summed E-state index contributed by atoms with van der Waals surface area (Å²) in [4.78, 5) is 12.3. The number of nitrogens with one attached hydrogen (secondary N) is 1. The number of carbonyl (C=O) groups excluding carboxylic acids is 1. The van der Waals surface area contributed by atoms with Gasteiger partial charge in [0.1, 0.15) is 17.1 Å². The smallest absolute Gasteiger partial charge is 0.258 e. The van der Waals surface area contributed by atoms with Crippen LogP contribution in [-0.4, -0.2) is 16.3 Å². The molecule has 1 atom stereocenters. The van der Waals surface area contributed by atoms with Gasteiger partial charge in [0.2, 0.25) is 0 Å². The number of rotatable bonds is 4. The monoisotopic (exact) mass is 351 g/mol. The van der Waals surface area contributed by atoms with E-state index in [4.69, 9.17) is 0 Å². The lowest BCUT2D eigenvalue weighted by molar-refractivity contribution is 0.0907. The van der Waals surface area contributed by atoms with Crippen LogP contribution in [0.15, 0.2) is 48.5 Å². The number of hydrogen-bond donors (Lipinski definition) is 2. The van der Waals surface area contributed by atoms with Crippen LogP contribution in [0.5, 0.6) is 5.75 Å². The number of hydrogen-bond acceptors (Lipinski definition) is 2. The highest BCUT2D eigenvalue weighted by atomic mass is 79.9. The number of aromatic hydroxyl groups is 1. The number of benzene rings is 2. The molecule has 3 nitrogen and oxygen atoms in total. The number of phenols is 1. The highest BCUT2D eigenvalue weighted by Crippen LogP contribution is 2.26. The van der Waals surface area contributed by atoms with E-state index in [1.54, 1.807) is 0 Å². The molecule has 0 aromatic heterocycles. The summed E-state index contributed by atoms with van der Waals surface area (Å²) in [5.74, 6) is -1.79. The SMILES string of the molecule is CC(CBr)(NC(=O)c1c(O)cccc1F)c1ccccc1. The van der Waals surface area contributed by atoms with Gasteiger partial charge in [-0.1, -0.05) is 52.3 Å². The Morgan fingerprint density at radius 1 is 1.24 bits per heavy atom. The number of halogens is 2. The first-order chi connectivity index (χ1) is 9.98. The van der Waals surface area contributed by atoms with Gasteiger partial charge >= 0.3 is 0 Å². The summed E-state index contributed by atoms with van der Waals surface area (Å²) in [5, 5.41) is 12.9. The molecule has 0 spiro atoms. The fourth-order valence-electron chi connectivity index (χ4n) is 2.04. The maximum atomic E-state index is 13.7. The van der Waals surface area contributed by atoms with Gasteiger partial charge in [0.05, 0.1) is 5.54 Å². The van der Waals surface area contributed by atoms with Crippen molar-refractivity contribution >= 4 is 21.8 Å². The molecule has 2 rings (SSSR count). The molecule has 5 heteroatoms. The molecule has 0 aliphatic heterocycles. The third kappa shape index (κ3) is 3.24. The van der Waals surface area contributed by atoms with Crippen LogP contribution in [0.2, 0.25) is 0 Å². The van der Waals surface area contributed by atoms with E-state index in [9.17, 15) is 14.3 Å². The van der Waals surface area contributed by atoms with Crippen LogP contribution < -0.4 is 5.32 Å². The number of amides is 1. The minimum Gasteiger partial charge on any atom is -0.507 e. The Bertz CT molecular complexity index is 628. The van der Waals surface area contributed by atoms with Crippen molar-refractivity contribution in [2.45, 2.75) is 12.5 Å². The van der Waals surface area contributed by atoms with Crippen molar-refractivity contribution < 1.29 is 14.3 Å². The Morgan fingerprint density at radius 3 is 2.48 bits per heavy atom. The van der Waals surface area contributed by atoms with Crippen molar-refractivity contribution in [3.05, 3.63) is 65.5 Å². The summed E-state index contributed by atoms with van der Waals surface area (Å²) in [6.07, 6.45) is 0. The van der Waals surface area contributed by atoms with E-state index in [0.717, 1.165) is 11.6 Å². The molecule has 110 valence electrons. The van der Waals surface area contributed by atoms with Crippen LogP contribution in [0, 0.1) is 5.82 Å². The zero-order valence-electron chi connectivity index (χ0n) is 11.4. The average Bonchev–Trinajstić information content (AvgIpc) is 2.48. The largest absolute Gasteiger partial charge is 0.507 e. The van der Waals surface area contributed by atoms with Gasteiger partial charge < -0.3 is 10.4 Å². The minimum absolute atomic E-state index is 0.347. The van der Waals surface area contributed by atoms with E-state index < -0.39 is 17.3 Å². The highest BCUT2D eigenvalue weighted by Gasteiger charge is 2.29. The third-order valence-corrected chi connectivity index (χ3v) is 4.41. The van der Waals surface area contributed by atoms with Crippen LogP contribution in [0.25, 0.3) is 0 Å². The molecule has 0 bridgehead atoms. The summed E-state index contributed by atoms with van der Waals surface area (Å²) < 4.78 is 13.7. The highest BCUT2D eigenvalue weighted by molar-refractivity contribution is 9.09. The van der Waals surface area contributed by atoms with Crippen molar-refractivity contribution in [2.24, 2.45) is 0 Å². The standard InChI is InChI=1S/C16H15BrFNO2/c1-16(10-17,11-6-3-2-4-7-11)19-15(21)14-12(18)8-5-9-13(14)20/h2-9,20H,10H2,1H3,(H,19,21). The van der Waals surface area contributed by atoms with Gasteiger partial charge in [-0.2, -0.15) is 0 Å². The Labute approximate surface area is 130 Å². The molecule has 0 saturated heterocycles. The first-order valence-electron chi connectivity index (χ1n) is 6.39. The summed E-state index contributed by atoms with van der Waals surface area (Å²) in [6.45, 7) is 1.83. The van der Waals surface area contributed by atoms with Gasteiger partial charge in [-0.3, -0.25) is 4.79 Å². The van der Waals surface area contributed by atoms with E-state index >= 15 is 0 Å². The maximum absolute atomic E-state index is 13.7. The molecular formula is C16H15BrFNO2. The zero-order valence-corrected chi connectivity index (χ0v) is 13.0. The summed E-state index contributed by atoms with van der Waals surface area (Å²) in [6, 6.07) is 13.1. The van der Waals surface area contributed by atoms with Gasteiger partial charge in [-0.15, -0.1) is 0 Å². The maximum Gasteiger partial charge on any atom is 0.258 e. The van der Waals surface area contributed by atoms with Gasteiger partial charge in [-0.25, -0.2) is 4.39 Å². The third-order valence-electron chi connectivity index (χ3n) is 3.29. The summed E-state index contributed by atoms with van der Waals surface area (Å²) in [7, 11) is 0. The van der Waals surface area contributed by atoms with Crippen LogP contribution in [-0.2, 0) is 5.54 Å². The van der Waals surface area contributed by atoms with E-state index in [1.165, 1.54) is 12.1 Å². The molecule has 2 aromatic carbocycles. The molecule has 0 heterocycles. The van der Waals surface area contributed by atoms with Crippen LogP contribution in [0.1, 0.15) is 22.8 Å². The molecular weight excluding hydrogens is 337 g/mol. The van der Waals surface area contributed by atoms with Crippen molar-refractivity contribution in [3.63, 3.8) is 0 Å². The molecule has 2 N–H and O–H groups in total. The zero-order chi connectivity index (χ0) is 15.5. The average molecular weight is 352 g/mol. The van der Waals surface area contributed by atoms with Crippen LogP contribution in [0.3, 0.4) is 0 Å². The lowest BCUT2D eigenvalue weighted by Crippen LogP contribution is -2.45. The summed E-state index contributed by atoms with van der Waals surface area (Å²) >= 11 is 3.38. The first-order valence-corrected chi connectivity index (χ1v) is 7.51. The quantitative estimate of drug-likeness (QED) is 0.827. The van der Waals surface area contributed by atoms with Gasteiger partial charge in [0, 0.05) is 5.33 Å². The summed E-state index contributed by atoms with van der Waals surface area (Å²) in [5.41, 5.74) is -0.181. The van der Waals surface area contributed by atoms with Crippen molar-refractivity contribution in [3.8, 4) is 5.75 Å². The fourth-order valence-corrected chi connectivity index (χ4v) is 2.50. The van der Waals surface area contributed by atoms with E-state index in [1.807, 2.05) is 37.3 Å². The lowest BCUT2D eigenvalue weighted by atomic mass is 9.93. The number of phenolic OH excluding ortho intramolecular Hbond substituents is 1. The first kappa shape index (κ1) is 15.5. The van der Waals surface area contributed by atoms with Gasteiger partial charge in [-0.05, 0) is 24.6 Å². The molecule has 2 aromatic rings. The normalized spacial score (nSPS) is 13.5. The van der Waals surface area contributed by atoms with E-state index in [2.05, 4.69) is 21.2 Å². The predicted octanol–water partition coefficient (Wildman–Crippen LogP) is 3.57. The van der Waals surface area contributed by atoms with Gasteiger partial charge in [0.25, 0.3) is 5.91 Å². The molecule has 0 radical (unpaired) electrons. The second-order valence-corrected chi connectivity index (χ2v) is 5.48. The van der Waals surface area contributed by atoms with Crippen molar-refractivity contribution in [1.82, 2.24) is 5.32 Å². The van der Waals surface area contributed by atoms with Crippen LogP contribution in [0.4, 0.5) is 4.39 Å². The molecule has 0 saturated carbocycles. The second kappa shape index (κ2) is 6.26. The van der Waals surface area contributed by atoms with Crippen LogP contribution >= 0.6 is 15.9 Å². The predicted molar refractivity (Wildman–Crippen MR) is 83.1 cm³/mol. The lowest BCUT2D eigenvalue weighted by Gasteiger charge is -2.29. The topological polar surface area (TPSA) is 49.3 Å². The van der Waals surface area contributed by atoms with Crippen molar-refractivity contribution in [1.29, 1.82) is 0 Å². The Hall–Kier alpha value is -1.88. The molecule has 0 aliphatic rings. The molecule has 1 amide bonds. The molecule has 1 unspecified atom stereocenters. The van der Waals surface area contributed by atoms with Crippen molar-refractivity contribution in [2.75, 3.05) is 5.33 Å². The van der Waals surface area contributed by atoms with E-state index in [-0.39, 0.29) is 11.3 Å². The number of carbonyl (C=O) groups is 1. The molecule has 0 aliphatic carbocycles. The Balaban J connectivity index is 2.33.